The summed E-state index contributed by atoms with van der Waals surface area (Å²) in [6.45, 7) is 0. The molecule has 3 N–H and O–H groups in total. The van der Waals surface area contributed by atoms with Crippen molar-refractivity contribution >= 4 is 17.3 Å². The molecule has 2 rings (SSSR count). The first-order valence-electron chi connectivity index (χ1n) is 4.00. The maximum atomic E-state index is 11.1. The van der Waals surface area contributed by atoms with E-state index >= 15 is 0 Å². The number of H-pyrrole nitrogens is 1. The first-order valence-corrected chi connectivity index (χ1v) is 4.38. The number of nitrogens with one attached hydrogen (secondary N) is 1. The van der Waals surface area contributed by atoms with Crippen LogP contribution >= 0.6 is 11.6 Å². The third-order valence-corrected chi connectivity index (χ3v) is 2.11. The zero-order valence-electron chi connectivity index (χ0n) is 7.20. The highest BCUT2D eigenvalue weighted by Crippen LogP contribution is 2.12. The van der Waals surface area contributed by atoms with Crippen molar-refractivity contribution in [3.8, 4) is 5.69 Å². The molecule has 5 heteroatoms. The van der Waals surface area contributed by atoms with Gasteiger partial charge >= 0.3 is 0 Å². The minimum absolute atomic E-state index is 0.194. The van der Waals surface area contributed by atoms with Crippen LogP contribution in [0.25, 0.3) is 5.69 Å². The van der Waals surface area contributed by atoms with Gasteiger partial charge in [-0.25, -0.2) is 0 Å². The van der Waals surface area contributed by atoms with Crippen LogP contribution in [0.1, 0.15) is 0 Å². The van der Waals surface area contributed by atoms with E-state index in [-0.39, 0.29) is 11.2 Å². The molecule has 0 aliphatic heterocycles. The summed E-state index contributed by atoms with van der Waals surface area (Å²) in [5.41, 5.74) is 6.13. The second kappa shape index (κ2) is 3.23. The fourth-order valence-corrected chi connectivity index (χ4v) is 1.27. The van der Waals surface area contributed by atoms with Crippen molar-refractivity contribution in [1.29, 1.82) is 0 Å². The molecule has 0 aliphatic carbocycles. The minimum Gasteiger partial charge on any atom is -0.393 e. The van der Waals surface area contributed by atoms with Crippen molar-refractivity contribution in [1.82, 2.24) is 9.78 Å². The standard InChI is InChI=1S/C9H8ClN3O/c10-6-1-3-7(4-2-6)13-5-8(11)9(14)12-13/h1-5H,11H2,(H,12,14). The van der Waals surface area contributed by atoms with E-state index in [0.29, 0.717) is 5.02 Å². The van der Waals surface area contributed by atoms with Crippen molar-refractivity contribution < 1.29 is 0 Å². The molecule has 0 saturated heterocycles. The molecular formula is C9H8ClN3O. The Morgan fingerprint density at radius 3 is 2.43 bits per heavy atom. The average molecular weight is 210 g/mol. The van der Waals surface area contributed by atoms with E-state index in [1.807, 2.05) is 0 Å². The molecule has 0 saturated carbocycles. The second-order valence-corrected chi connectivity index (χ2v) is 3.31. The van der Waals surface area contributed by atoms with Crippen LogP contribution in [0.4, 0.5) is 5.69 Å². The quantitative estimate of drug-likeness (QED) is 0.746. The maximum Gasteiger partial charge on any atom is 0.287 e. The number of nitrogens with zero attached hydrogens (tertiary/aromatic N) is 1. The molecule has 1 heterocycles. The lowest BCUT2D eigenvalue weighted by molar-refractivity contribution is 0.864. The Bertz CT molecular complexity index is 498. The third kappa shape index (κ3) is 1.52. The molecule has 0 atom stereocenters. The lowest BCUT2D eigenvalue weighted by Crippen LogP contribution is -2.06. The summed E-state index contributed by atoms with van der Waals surface area (Å²) in [6, 6.07) is 7.06. The van der Waals surface area contributed by atoms with Crippen LogP contribution in [0.5, 0.6) is 0 Å². The number of nitrogens with two attached hydrogens (primary N) is 1. The molecular weight excluding hydrogens is 202 g/mol. The monoisotopic (exact) mass is 209 g/mol. The van der Waals surface area contributed by atoms with Crippen molar-refractivity contribution in [3.05, 3.63) is 45.8 Å². The lowest BCUT2D eigenvalue weighted by Gasteiger charge is -2.00. The topological polar surface area (TPSA) is 63.8 Å². The predicted molar refractivity (Wildman–Crippen MR) is 55.8 cm³/mol. The number of nitrogen functional groups attached to an aromatic ring is 1. The largest absolute Gasteiger partial charge is 0.393 e. The van der Waals surface area contributed by atoms with Crippen LogP contribution in [0.3, 0.4) is 0 Å². The van der Waals surface area contributed by atoms with Crippen molar-refractivity contribution in [2.24, 2.45) is 0 Å². The molecule has 0 aliphatic rings. The van der Waals surface area contributed by atoms with Crippen LogP contribution < -0.4 is 11.3 Å². The molecule has 1 aromatic carbocycles. The SMILES string of the molecule is Nc1cn(-c2ccc(Cl)cc2)[nH]c1=O. The fraction of sp³-hybridized carbons (Fsp3) is 0. The van der Waals surface area contributed by atoms with E-state index in [0.717, 1.165) is 5.69 Å². The summed E-state index contributed by atoms with van der Waals surface area (Å²) < 4.78 is 1.55. The highest BCUT2D eigenvalue weighted by molar-refractivity contribution is 6.30. The van der Waals surface area contributed by atoms with E-state index in [1.54, 1.807) is 28.9 Å². The molecule has 72 valence electrons. The van der Waals surface area contributed by atoms with E-state index in [2.05, 4.69) is 5.10 Å². The van der Waals surface area contributed by atoms with Gasteiger partial charge in [-0.2, -0.15) is 0 Å². The number of aromatic amines is 1. The van der Waals surface area contributed by atoms with E-state index in [4.69, 9.17) is 17.3 Å². The van der Waals surface area contributed by atoms with Crippen molar-refractivity contribution in [2.45, 2.75) is 0 Å². The summed E-state index contributed by atoms with van der Waals surface area (Å²) in [6.07, 6.45) is 1.53. The second-order valence-electron chi connectivity index (χ2n) is 2.87. The number of anilines is 1. The van der Waals surface area contributed by atoms with E-state index in [1.165, 1.54) is 6.20 Å². The van der Waals surface area contributed by atoms with Gasteiger partial charge in [-0.3, -0.25) is 14.6 Å². The van der Waals surface area contributed by atoms with Gasteiger partial charge in [0.15, 0.2) is 0 Å². The van der Waals surface area contributed by atoms with Gasteiger partial charge in [0.05, 0.1) is 11.9 Å². The van der Waals surface area contributed by atoms with Crippen molar-refractivity contribution in [2.75, 3.05) is 5.73 Å². The Balaban J connectivity index is 2.49. The van der Waals surface area contributed by atoms with Gasteiger partial charge in [0.2, 0.25) is 0 Å². The molecule has 0 amide bonds. The van der Waals surface area contributed by atoms with Gasteiger partial charge < -0.3 is 5.73 Å². The van der Waals surface area contributed by atoms with Gasteiger partial charge in [0, 0.05) is 5.02 Å². The normalized spacial score (nSPS) is 10.4. The molecule has 0 radical (unpaired) electrons. The summed E-state index contributed by atoms with van der Waals surface area (Å²) in [7, 11) is 0. The fourth-order valence-electron chi connectivity index (χ4n) is 1.14. The highest BCUT2D eigenvalue weighted by atomic mass is 35.5. The number of rotatable bonds is 1. The Morgan fingerprint density at radius 2 is 1.93 bits per heavy atom. The minimum atomic E-state index is -0.292. The molecule has 2 aromatic rings. The molecule has 0 unspecified atom stereocenters. The zero-order chi connectivity index (χ0) is 10.1. The Hall–Kier alpha value is -1.68. The number of benzene rings is 1. The number of hydrogen-bond donors (Lipinski definition) is 2. The average Bonchev–Trinajstić information content (AvgIpc) is 2.48. The highest BCUT2D eigenvalue weighted by Gasteiger charge is 2.00. The summed E-state index contributed by atoms with van der Waals surface area (Å²) >= 11 is 5.73. The predicted octanol–water partition coefficient (Wildman–Crippen LogP) is 1.40. The van der Waals surface area contributed by atoms with Gasteiger partial charge in [0.25, 0.3) is 5.56 Å². The van der Waals surface area contributed by atoms with E-state index in [9.17, 15) is 4.79 Å². The van der Waals surface area contributed by atoms with Crippen molar-refractivity contribution in [3.63, 3.8) is 0 Å². The first-order chi connectivity index (χ1) is 6.66. The van der Waals surface area contributed by atoms with Crippen LogP contribution in [0.2, 0.25) is 5.02 Å². The van der Waals surface area contributed by atoms with Crippen LogP contribution in [-0.2, 0) is 0 Å². The molecule has 0 fully saturated rings. The first kappa shape index (κ1) is 8.90. The lowest BCUT2D eigenvalue weighted by atomic mass is 10.3. The molecule has 14 heavy (non-hydrogen) atoms. The summed E-state index contributed by atoms with van der Waals surface area (Å²) in [4.78, 5) is 11.1. The molecule has 1 aromatic heterocycles. The maximum absolute atomic E-state index is 11.1. The number of halogens is 1. The van der Waals surface area contributed by atoms with Crippen LogP contribution in [-0.4, -0.2) is 9.78 Å². The number of aromatic nitrogens is 2. The van der Waals surface area contributed by atoms with Gasteiger partial charge in [-0.05, 0) is 24.3 Å². The summed E-state index contributed by atoms with van der Waals surface area (Å²) in [5, 5.41) is 3.22. The van der Waals surface area contributed by atoms with Crippen LogP contribution in [0, 0.1) is 0 Å². The van der Waals surface area contributed by atoms with Crippen LogP contribution in [0.15, 0.2) is 35.3 Å². The van der Waals surface area contributed by atoms with Gasteiger partial charge in [-0.1, -0.05) is 11.6 Å². The molecule has 0 bridgehead atoms. The molecule has 4 nitrogen and oxygen atoms in total. The van der Waals surface area contributed by atoms with E-state index < -0.39 is 0 Å². The Kier molecular flexibility index (Phi) is 2.05. The third-order valence-electron chi connectivity index (χ3n) is 1.86. The Labute approximate surface area is 84.9 Å². The van der Waals surface area contributed by atoms with Gasteiger partial charge in [0.1, 0.15) is 5.69 Å². The zero-order valence-corrected chi connectivity index (χ0v) is 7.95. The number of hydrogen-bond acceptors (Lipinski definition) is 2. The summed E-state index contributed by atoms with van der Waals surface area (Å²) in [5.74, 6) is 0. The molecule has 0 spiro atoms. The van der Waals surface area contributed by atoms with Gasteiger partial charge in [-0.15, -0.1) is 0 Å². The smallest absolute Gasteiger partial charge is 0.287 e. The Morgan fingerprint density at radius 1 is 1.29 bits per heavy atom.